The van der Waals surface area contributed by atoms with Crippen LogP contribution in [0.5, 0.6) is 11.5 Å². The molecule has 0 aliphatic carbocycles. The van der Waals surface area contributed by atoms with Crippen LogP contribution < -0.4 is 10.5 Å². The number of H-pyrrole nitrogens is 1. The van der Waals surface area contributed by atoms with Gasteiger partial charge in [-0.3, -0.25) is 0 Å². The second-order valence-electron chi connectivity index (χ2n) is 7.35. The number of nitrogens with zero attached hydrogens (tertiary/aromatic N) is 4. The van der Waals surface area contributed by atoms with E-state index in [0.29, 0.717) is 29.4 Å². The SMILES string of the molecule is C=CC(=NN=C(C)C)c1ccc(Oc2cc(-c3nc4ncccc4[nH]3)ccc2CN)cc1. The quantitative estimate of drug-likeness (QED) is 0.313. The molecule has 0 radical (unpaired) electrons. The lowest BCUT2D eigenvalue weighted by Crippen LogP contribution is -2.00. The van der Waals surface area contributed by atoms with Crippen molar-refractivity contribution < 1.29 is 4.74 Å². The van der Waals surface area contributed by atoms with Crippen LogP contribution in [0.1, 0.15) is 25.0 Å². The minimum Gasteiger partial charge on any atom is -0.457 e. The van der Waals surface area contributed by atoms with Gasteiger partial charge in [0.2, 0.25) is 0 Å². The first-order valence-corrected chi connectivity index (χ1v) is 10.2. The fraction of sp³-hybridized carbons (Fsp3) is 0.120. The summed E-state index contributed by atoms with van der Waals surface area (Å²) in [4.78, 5) is 12.1. The predicted octanol–water partition coefficient (Wildman–Crippen LogP) is 5.25. The number of nitrogens with one attached hydrogen (secondary N) is 1. The maximum absolute atomic E-state index is 6.17. The van der Waals surface area contributed by atoms with E-state index in [1.807, 2.05) is 68.4 Å². The summed E-state index contributed by atoms with van der Waals surface area (Å²) in [5.41, 5.74) is 11.8. The number of imidazole rings is 1. The van der Waals surface area contributed by atoms with Crippen molar-refractivity contribution in [2.45, 2.75) is 20.4 Å². The van der Waals surface area contributed by atoms with Crippen LogP contribution in [-0.2, 0) is 6.54 Å². The second-order valence-corrected chi connectivity index (χ2v) is 7.35. The van der Waals surface area contributed by atoms with Crippen molar-refractivity contribution >= 4 is 22.6 Å². The Bertz CT molecular complexity index is 1280. The van der Waals surface area contributed by atoms with Gasteiger partial charge in [-0.05, 0) is 62.4 Å². The van der Waals surface area contributed by atoms with Crippen LogP contribution in [0, 0.1) is 0 Å². The normalized spacial score (nSPS) is 11.4. The number of ether oxygens (including phenoxy) is 1. The molecule has 0 amide bonds. The van der Waals surface area contributed by atoms with E-state index in [4.69, 9.17) is 10.5 Å². The largest absolute Gasteiger partial charge is 0.457 e. The molecule has 2 aromatic carbocycles. The summed E-state index contributed by atoms with van der Waals surface area (Å²) in [6, 6.07) is 17.3. The predicted molar refractivity (Wildman–Crippen MR) is 129 cm³/mol. The minimum absolute atomic E-state index is 0.358. The monoisotopic (exact) mass is 424 g/mol. The maximum Gasteiger partial charge on any atom is 0.178 e. The first-order chi connectivity index (χ1) is 15.6. The molecule has 2 heterocycles. The van der Waals surface area contributed by atoms with Crippen molar-refractivity contribution in [3.63, 3.8) is 0 Å². The smallest absolute Gasteiger partial charge is 0.178 e. The molecule has 32 heavy (non-hydrogen) atoms. The molecule has 0 aliphatic rings. The summed E-state index contributed by atoms with van der Waals surface area (Å²) in [5, 5.41) is 8.34. The van der Waals surface area contributed by atoms with Crippen molar-refractivity contribution in [3.8, 4) is 22.9 Å². The molecular weight excluding hydrogens is 400 g/mol. The third kappa shape index (κ3) is 4.63. The Labute approximate surface area is 186 Å². The summed E-state index contributed by atoms with van der Waals surface area (Å²) in [6.45, 7) is 7.97. The number of nitrogens with two attached hydrogens (primary N) is 1. The van der Waals surface area contributed by atoms with Gasteiger partial charge in [-0.25, -0.2) is 9.97 Å². The summed E-state index contributed by atoms with van der Waals surface area (Å²) in [7, 11) is 0. The number of rotatable bonds is 7. The van der Waals surface area contributed by atoms with Gasteiger partial charge in [0.05, 0.1) is 11.2 Å². The molecule has 7 nitrogen and oxygen atoms in total. The molecule has 3 N–H and O–H groups in total. The van der Waals surface area contributed by atoms with Gasteiger partial charge in [-0.15, -0.1) is 0 Å². The average molecular weight is 425 g/mol. The lowest BCUT2D eigenvalue weighted by atomic mass is 10.1. The molecule has 7 heteroatoms. The molecule has 4 rings (SSSR count). The van der Waals surface area contributed by atoms with E-state index in [1.165, 1.54) is 0 Å². The third-order valence-corrected chi connectivity index (χ3v) is 4.75. The Balaban J connectivity index is 1.62. The number of hydrogen-bond acceptors (Lipinski definition) is 6. The van der Waals surface area contributed by atoms with Gasteiger partial charge in [0.25, 0.3) is 0 Å². The van der Waals surface area contributed by atoms with E-state index >= 15 is 0 Å². The molecule has 4 aromatic rings. The summed E-state index contributed by atoms with van der Waals surface area (Å²) in [6.07, 6.45) is 3.40. The van der Waals surface area contributed by atoms with Crippen molar-refractivity contribution in [1.29, 1.82) is 0 Å². The van der Waals surface area contributed by atoms with E-state index in [2.05, 4.69) is 31.7 Å². The molecule has 0 atom stereocenters. The first-order valence-electron chi connectivity index (χ1n) is 10.2. The van der Waals surface area contributed by atoms with E-state index in [0.717, 1.165) is 33.7 Å². The number of pyridine rings is 1. The van der Waals surface area contributed by atoms with Crippen molar-refractivity contribution in [2.24, 2.45) is 15.9 Å². The molecule has 0 fully saturated rings. The van der Waals surface area contributed by atoms with E-state index in [-0.39, 0.29) is 0 Å². The topological polar surface area (TPSA) is 102 Å². The lowest BCUT2D eigenvalue weighted by Gasteiger charge is -2.12. The van der Waals surface area contributed by atoms with Gasteiger partial charge in [0.15, 0.2) is 5.65 Å². The van der Waals surface area contributed by atoms with E-state index in [1.54, 1.807) is 12.3 Å². The highest BCUT2D eigenvalue weighted by molar-refractivity contribution is 6.08. The average Bonchev–Trinajstić information content (AvgIpc) is 3.25. The van der Waals surface area contributed by atoms with Crippen molar-refractivity contribution in [2.75, 3.05) is 0 Å². The van der Waals surface area contributed by atoms with Crippen molar-refractivity contribution in [1.82, 2.24) is 15.0 Å². The Morgan fingerprint density at radius 3 is 2.62 bits per heavy atom. The highest BCUT2D eigenvalue weighted by Gasteiger charge is 2.11. The summed E-state index contributed by atoms with van der Waals surface area (Å²) >= 11 is 0. The molecular formula is C25H24N6O. The molecule has 0 saturated carbocycles. The zero-order chi connectivity index (χ0) is 22.5. The van der Waals surface area contributed by atoms with Gasteiger partial charge in [-0.2, -0.15) is 10.2 Å². The van der Waals surface area contributed by atoms with Crippen LogP contribution in [0.3, 0.4) is 0 Å². The lowest BCUT2D eigenvalue weighted by molar-refractivity contribution is 0.476. The molecule has 0 unspecified atom stereocenters. The number of fused-ring (bicyclic) bond motifs is 1. The van der Waals surface area contributed by atoms with Gasteiger partial charge < -0.3 is 15.5 Å². The Hall–Kier alpha value is -4.10. The number of aromatic amines is 1. The Kier molecular flexibility index (Phi) is 6.19. The molecule has 0 saturated heterocycles. The standard InChI is InChI=1S/C25H24N6O/c1-4-21(31-30-16(2)3)17-9-11-20(12-10-17)32-23-14-18(7-8-19(23)15-26)24-28-22-6-5-13-27-25(22)29-24/h4-14H,1,15,26H2,2-3H3,(H,27,28,29). The Morgan fingerprint density at radius 1 is 1.12 bits per heavy atom. The zero-order valence-electron chi connectivity index (χ0n) is 18.0. The zero-order valence-corrected chi connectivity index (χ0v) is 18.0. The second kappa shape index (κ2) is 9.36. The molecule has 160 valence electrons. The number of benzene rings is 2. The Morgan fingerprint density at radius 2 is 1.94 bits per heavy atom. The molecule has 2 aromatic heterocycles. The van der Waals surface area contributed by atoms with Crippen LogP contribution in [0.25, 0.3) is 22.6 Å². The van der Waals surface area contributed by atoms with Crippen molar-refractivity contribution in [3.05, 3.63) is 84.6 Å². The van der Waals surface area contributed by atoms with Gasteiger partial charge in [-0.1, -0.05) is 18.7 Å². The van der Waals surface area contributed by atoms with Crippen LogP contribution >= 0.6 is 0 Å². The van der Waals surface area contributed by atoms with Gasteiger partial charge >= 0.3 is 0 Å². The highest BCUT2D eigenvalue weighted by Crippen LogP contribution is 2.30. The van der Waals surface area contributed by atoms with Crippen LogP contribution in [0.2, 0.25) is 0 Å². The van der Waals surface area contributed by atoms with Crippen LogP contribution in [0.4, 0.5) is 0 Å². The third-order valence-electron chi connectivity index (χ3n) is 4.75. The highest BCUT2D eigenvalue weighted by atomic mass is 16.5. The maximum atomic E-state index is 6.17. The summed E-state index contributed by atoms with van der Waals surface area (Å²) in [5.74, 6) is 2.08. The fourth-order valence-corrected chi connectivity index (χ4v) is 3.14. The molecule has 0 spiro atoms. The number of allylic oxidation sites excluding steroid dienone is 1. The molecule has 0 bridgehead atoms. The molecule has 0 aliphatic heterocycles. The van der Waals surface area contributed by atoms with E-state index in [9.17, 15) is 0 Å². The summed E-state index contributed by atoms with van der Waals surface area (Å²) < 4.78 is 6.17. The first kappa shape index (κ1) is 21.1. The van der Waals surface area contributed by atoms with Gasteiger partial charge in [0.1, 0.15) is 17.3 Å². The van der Waals surface area contributed by atoms with Crippen LogP contribution in [0.15, 0.2) is 83.7 Å². The minimum atomic E-state index is 0.358. The number of aromatic nitrogens is 3. The fourth-order valence-electron chi connectivity index (χ4n) is 3.14. The van der Waals surface area contributed by atoms with E-state index < -0.39 is 0 Å². The number of hydrogen-bond donors (Lipinski definition) is 2. The van der Waals surface area contributed by atoms with Gasteiger partial charge in [0, 0.05) is 35.1 Å². The van der Waals surface area contributed by atoms with Crippen LogP contribution in [-0.4, -0.2) is 26.4 Å².